The van der Waals surface area contributed by atoms with Crippen molar-refractivity contribution in [3.05, 3.63) is 29.8 Å². The van der Waals surface area contributed by atoms with Crippen LogP contribution in [0.3, 0.4) is 0 Å². The molecule has 1 aliphatic rings. The molecule has 1 aromatic carbocycles. The summed E-state index contributed by atoms with van der Waals surface area (Å²) in [4.78, 5) is 1.44. The number of rotatable bonds is 6. The third-order valence-electron chi connectivity index (χ3n) is 4.84. The molecule has 1 atom stereocenters. The largest absolute Gasteiger partial charge is 0.310 e. The van der Waals surface area contributed by atoms with Gasteiger partial charge >= 0.3 is 0 Å². The number of nitrogens with one attached hydrogen (secondary N) is 1. The molecule has 0 spiro atoms. The minimum atomic E-state index is 0.543. The van der Waals surface area contributed by atoms with Crippen LogP contribution in [0.4, 0.5) is 0 Å². The Balaban J connectivity index is 2.14. The van der Waals surface area contributed by atoms with Gasteiger partial charge in [0.1, 0.15) is 0 Å². The van der Waals surface area contributed by atoms with Crippen LogP contribution in [0.25, 0.3) is 0 Å². The maximum absolute atomic E-state index is 3.76. The minimum absolute atomic E-state index is 0.543. The third kappa shape index (κ3) is 3.79. The van der Waals surface area contributed by atoms with E-state index in [-0.39, 0.29) is 0 Å². The van der Waals surface area contributed by atoms with Gasteiger partial charge < -0.3 is 5.32 Å². The van der Waals surface area contributed by atoms with Crippen molar-refractivity contribution in [1.29, 1.82) is 0 Å². The Bertz CT molecular complexity index is 396. The first-order valence-corrected chi connectivity index (χ1v) is 9.38. The summed E-state index contributed by atoms with van der Waals surface area (Å²) in [6, 6.07) is 9.48. The highest BCUT2D eigenvalue weighted by atomic mass is 32.2. The molecule has 0 aliphatic heterocycles. The summed E-state index contributed by atoms with van der Waals surface area (Å²) in [6.45, 7) is 5.63. The lowest BCUT2D eigenvalue weighted by molar-refractivity contribution is 0.219. The third-order valence-corrected chi connectivity index (χ3v) is 5.65. The quantitative estimate of drug-likeness (QED) is 0.716. The van der Waals surface area contributed by atoms with E-state index in [1.165, 1.54) is 42.6 Å². The lowest BCUT2D eigenvalue weighted by Gasteiger charge is -2.35. The fourth-order valence-corrected chi connectivity index (χ4v) is 4.25. The fraction of sp³-hybridized carbons (Fsp3) is 0.667. The van der Waals surface area contributed by atoms with E-state index in [1.54, 1.807) is 0 Å². The molecule has 0 saturated heterocycles. The van der Waals surface area contributed by atoms with Crippen molar-refractivity contribution in [3.8, 4) is 0 Å². The molecule has 1 saturated carbocycles. The Labute approximate surface area is 128 Å². The highest BCUT2D eigenvalue weighted by Crippen LogP contribution is 2.40. The Morgan fingerprint density at radius 3 is 2.45 bits per heavy atom. The highest BCUT2D eigenvalue weighted by Gasteiger charge is 2.28. The second-order valence-corrected chi connectivity index (χ2v) is 6.81. The molecule has 1 fully saturated rings. The Kier molecular flexibility index (Phi) is 6.44. The van der Waals surface area contributed by atoms with Gasteiger partial charge in [-0.25, -0.2) is 0 Å². The van der Waals surface area contributed by atoms with E-state index in [0.29, 0.717) is 6.04 Å². The molecule has 2 heteroatoms. The summed E-state index contributed by atoms with van der Waals surface area (Å²) in [5.41, 5.74) is 1.52. The van der Waals surface area contributed by atoms with Crippen LogP contribution in [0, 0.1) is 11.8 Å². The lowest BCUT2D eigenvalue weighted by Crippen LogP contribution is -2.31. The Morgan fingerprint density at radius 2 is 1.85 bits per heavy atom. The van der Waals surface area contributed by atoms with E-state index in [9.17, 15) is 0 Å². The van der Waals surface area contributed by atoms with E-state index in [4.69, 9.17) is 0 Å². The second kappa shape index (κ2) is 8.09. The van der Waals surface area contributed by atoms with Gasteiger partial charge in [-0.3, -0.25) is 0 Å². The average Bonchev–Trinajstić information content (AvgIpc) is 2.53. The summed E-state index contributed by atoms with van der Waals surface area (Å²) < 4.78 is 0. The summed E-state index contributed by atoms with van der Waals surface area (Å²) >= 11 is 1.88. The van der Waals surface area contributed by atoms with Gasteiger partial charge in [0.25, 0.3) is 0 Å². The van der Waals surface area contributed by atoms with Crippen molar-refractivity contribution in [2.75, 3.05) is 12.8 Å². The zero-order valence-electron chi connectivity index (χ0n) is 13.2. The van der Waals surface area contributed by atoms with Crippen LogP contribution in [0.15, 0.2) is 29.2 Å². The Hall–Kier alpha value is -0.470. The first kappa shape index (κ1) is 15.9. The number of benzene rings is 1. The van der Waals surface area contributed by atoms with Gasteiger partial charge in [0.2, 0.25) is 0 Å². The van der Waals surface area contributed by atoms with E-state index < -0.39 is 0 Å². The summed E-state index contributed by atoms with van der Waals surface area (Å²) in [7, 11) is 0. The number of hydrogen-bond acceptors (Lipinski definition) is 2. The van der Waals surface area contributed by atoms with Gasteiger partial charge in [-0.1, -0.05) is 51.3 Å². The second-order valence-electron chi connectivity index (χ2n) is 5.97. The molecular weight excluding hydrogens is 262 g/mol. The van der Waals surface area contributed by atoms with Gasteiger partial charge in [-0.05, 0) is 49.1 Å². The van der Waals surface area contributed by atoms with E-state index in [2.05, 4.69) is 49.7 Å². The van der Waals surface area contributed by atoms with Crippen molar-refractivity contribution in [3.63, 3.8) is 0 Å². The molecule has 1 aromatic rings. The van der Waals surface area contributed by atoms with Crippen LogP contribution in [0.5, 0.6) is 0 Å². The standard InChI is InChI=1S/C18H29NS/c1-4-14-10-12-15(13-11-14)18(19-5-2)16-8-6-7-9-17(16)20-3/h6-9,14-15,18-19H,4-5,10-13H2,1-3H3. The van der Waals surface area contributed by atoms with E-state index in [1.807, 2.05) is 11.8 Å². The molecule has 1 nitrogen and oxygen atoms in total. The van der Waals surface area contributed by atoms with Crippen molar-refractivity contribution in [1.82, 2.24) is 5.32 Å². The number of thioether (sulfide) groups is 1. The summed E-state index contributed by atoms with van der Waals surface area (Å²) in [5.74, 6) is 1.79. The summed E-state index contributed by atoms with van der Waals surface area (Å²) in [6.07, 6.45) is 9.17. The summed E-state index contributed by atoms with van der Waals surface area (Å²) in [5, 5.41) is 3.76. The van der Waals surface area contributed by atoms with Crippen LogP contribution < -0.4 is 5.32 Å². The maximum Gasteiger partial charge on any atom is 0.0359 e. The topological polar surface area (TPSA) is 12.0 Å². The molecule has 0 amide bonds. The first-order valence-electron chi connectivity index (χ1n) is 8.16. The van der Waals surface area contributed by atoms with Crippen LogP contribution in [0.1, 0.15) is 57.6 Å². The van der Waals surface area contributed by atoms with Crippen molar-refractivity contribution in [2.45, 2.75) is 56.9 Å². The minimum Gasteiger partial charge on any atom is -0.310 e. The zero-order valence-corrected chi connectivity index (χ0v) is 14.0. The molecule has 0 heterocycles. The van der Waals surface area contributed by atoms with Crippen LogP contribution in [-0.4, -0.2) is 12.8 Å². The van der Waals surface area contributed by atoms with Gasteiger partial charge in [0, 0.05) is 10.9 Å². The monoisotopic (exact) mass is 291 g/mol. The molecule has 1 aliphatic carbocycles. The van der Waals surface area contributed by atoms with Crippen molar-refractivity contribution < 1.29 is 0 Å². The number of hydrogen-bond donors (Lipinski definition) is 1. The average molecular weight is 292 g/mol. The molecule has 0 aromatic heterocycles. The fourth-order valence-electron chi connectivity index (χ4n) is 3.60. The Morgan fingerprint density at radius 1 is 1.15 bits per heavy atom. The van der Waals surface area contributed by atoms with Crippen molar-refractivity contribution in [2.24, 2.45) is 11.8 Å². The van der Waals surface area contributed by atoms with Gasteiger partial charge in [0.15, 0.2) is 0 Å². The van der Waals surface area contributed by atoms with Gasteiger partial charge in [-0.2, -0.15) is 0 Å². The highest BCUT2D eigenvalue weighted by molar-refractivity contribution is 7.98. The molecule has 20 heavy (non-hydrogen) atoms. The van der Waals surface area contributed by atoms with Crippen LogP contribution in [-0.2, 0) is 0 Å². The maximum atomic E-state index is 3.76. The molecule has 1 unspecified atom stereocenters. The van der Waals surface area contributed by atoms with Crippen molar-refractivity contribution >= 4 is 11.8 Å². The van der Waals surface area contributed by atoms with E-state index >= 15 is 0 Å². The molecule has 0 radical (unpaired) electrons. The zero-order chi connectivity index (χ0) is 14.4. The van der Waals surface area contributed by atoms with Gasteiger partial charge in [-0.15, -0.1) is 11.8 Å². The first-order chi connectivity index (χ1) is 9.80. The predicted octanol–water partition coefficient (Wildman–Crippen LogP) is 5.28. The van der Waals surface area contributed by atoms with Crippen LogP contribution >= 0.6 is 11.8 Å². The smallest absolute Gasteiger partial charge is 0.0359 e. The van der Waals surface area contributed by atoms with Crippen LogP contribution in [0.2, 0.25) is 0 Å². The van der Waals surface area contributed by atoms with Gasteiger partial charge in [0.05, 0.1) is 0 Å². The SMILES string of the molecule is CCNC(c1ccccc1SC)C1CCC(CC)CC1. The molecule has 1 N–H and O–H groups in total. The van der Waals surface area contributed by atoms with E-state index in [0.717, 1.165) is 18.4 Å². The molecular formula is C18H29NS. The molecule has 0 bridgehead atoms. The normalized spacial score (nSPS) is 24.6. The predicted molar refractivity (Wildman–Crippen MR) is 90.4 cm³/mol. The molecule has 112 valence electrons. The molecule has 2 rings (SSSR count). The lowest BCUT2D eigenvalue weighted by atomic mass is 9.76.